The van der Waals surface area contributed by atoms with Crippen LogP contribution in [0.15, 0.2) is 65.7 Å². The van der Waals surface area contributed by atoms with Crippen molar-refractivity contribution >= 4 is 43.9 Å². The van der Waals surface area contributed by atoms with E-state index in [1.165, 1.54) is 31.2 Å². The predicted molar refractivity (Wildman–Crippen MR) is 108 cm³/mol. The molecule has 0 radical (unpaired) electrons. The molecule has 3 aromatic rings. The maximum absolute atomic E-state index is 12.5. The summed E-state index contributed by atoms with van der Waals surface area (Å²) >= 11 is 0. The fraction of sp³-hybridized carbons (Fsp3) is 0.150. The number of fused-ring (bicyclic) bond motifs is 1. The topological polar surface area (TPSA) is 105 Å². The number of benzene rings is 2. The zero-order valence-corrected chi connectivity index (χ0v) is 16.0. The first-order chi connectivity index (χ1) is 13.3. The lowest BCUT2D eigenvalue weighted by molar-refractivity contribution is -0.116. The van der Waals surface area contributed by atoms with Gasteiger partial charge in [0.2, 0.25) is 11.8 Å². The number of nitrogens with zero attached hydrogens (tertiary/aromatic N) is 1. The van der Waals surface area contributed by atoms with E-state index in [1.807, 2.05) is 12.1 Å². The van der Waals surface area contributed by atoms with Crippen LogP contribution >= 0.6 is 0 Å². The molecule has 0 spiro atoms. The van der Waals surface area contributed by atoms with E-state index in [1.54, 1.807) is 24.4 Å². The molecule has 0 unspecified atom stereocenters. The minimum atomic E-state index is -3.62. The van der Waals surface area contributed by atoms with Gasteiger partial charge >= 0.3 is 0 Å². The fourth-order valence-electron chi connectivity index (χ4n) is 2.71. The van der Waals surface area contributed by atoms with Gasteiger partial charge in [-0.15, -0.1) is 0 Å². The Morgan fingerprint density at radius 1 is 0.964 bits per heavy atom. The van der Waals surface area contributed by atoms with Crippen LogP contribution in [0.4, 0.5) is 11.4 Å². The number of carbonyl (C=O) groups is 2. The van der Waals surface area contributed by atoms with Crippen molar-refractivity contribution in [2.24, 2.45) is 0 Å². The van der Waals surface area contributed by atoms with E-state index in [0.717, 1.165) is 5.39 Å². The SMILES string of the molecule is CC(=O)Nc1ccc(S(=O)(=O)CCC(=O)Nc2cccc3cccnc23)cc1. The molecule has 0 atom stereocenters. The molecule has 144 valence electrons. The van der Waals surface area contributed by atoms with Gasteiger partial charge in [0, 0.05) is 30.6 Å². The van der Waals surface area contributed by atoms with Crippen LogP contribution in [0.2, 0.25) is 0 Å². The number of para-hydroxylation sites is 1. The number of pyridine rings is 1. The van der Waals surface area contributed by atoms with Gasteiger partial charge in [-0.05, 0) is 36.4 Å². The third-order valence-electron chi connectivity index (χ3n) is 4.04. The number of nitrogens with one attached hydrogen (secondary N) is 2. The summed E-state index contributed by atoms with van der Waals surface area (Å²) < 4.78 is 24.9. The standard InChI is InChI=1S/C20H19N3O4S/c1-14(24)22-16-7-9-17(10-8-16)28(26,27)13-11-19(25)23-18-6-2-4-15-5-3-12-21-20(15)18/h2-10,12H,11,13H2,1H3,(H,22,24)(H,23,25). The second kappa shape index (κ2) is 8.18. The number of carbonyl (C=O) groups excluding carboxylic acids is 2. The number of hydrogen-bond acceptors (Lipinski definition) is 5. The highest BCUT2D eigenvalue weighted by atomic mass is 32.2. The number of sulfone groups is 1. The van der Waals surface area contributed by atoms with Crippen LogP contribution in [0.25, 0.3) is 10.9 Å². The average molecular weight is 397 g/mol. The Labute approximate surface area is 162 Å². The highest BCUT2D eigenvalue weighted by Crippen LogP contribution is 2.21. The van der Waals surface area contributed by atoms with Gasteiger partial charge in [-0.1, -0.05) is 18.2 Å². The largest absolute Gasteiger partial charge is 0.326 e. The first-order valence-corrected chi connectivity index (χ1v) is 10.2. The lowest BCUT2D eigenvalue weighted by Gasteiger charge is -2.09. The quantitative estimate of drug-likeness (QED) is 0.665. The Morgan fingerprint density at radius 2 is 1.68 bits per heavy atom. The van der Waals surface area contributed by atoms with E-state index in [2.05, 4.69) is 15.6 Å². The summed E-state index contributed by atoms with van der Waals surface area (Å²) in [6.07, 6.45) is 1.45. The second-order valence-electron chi connectivity index (χ2n) is 6.20. The predicted octanol–water partition coefficient (Wildman–Crippen LogP) is 3.00. The molecule has 2 N–H and O–H groups in total. The molecule has 0 fully saturated rings. The van der Waals surface area contributed by atoms with Crippen molar-refractivity contribution in [3.63, 3.8) is 0 Å². The van der Waals surface area contributed by atoms with Crippen molar-refractivity contribution < 1.29 is 18.0 Å². The van der Waals surface area contributed by atoms with Crippen molar-refractivity contribution in [3.05, 3.63) is 60.8 Å². The van der Waals surface area contributed by atoms with Gasteiger partial charge in [0.15, 0.2) is 9.84 Å². The molecule has 0 aliphatic rings. The first-order valence-electron chi connectivity index (χ1n) is 8.59. The smallest absolute Gasteiger partial charge is 0.225 e. The van der Waals surface area contributed by atoms with Crippen molar-refractivity contribution in [1.82, 2.24) is 4.98 Å². The third kappa shape index (κ3) is 4.72. The van der Waals surface area contributed by atoms with E-state index in [0.29, 0.717) is 16.9 Å². The van der Waals surface area contributed by atoms with E-state index >= 15 is 0 Å². The molecule has 8 heteroatoms. The summed E-state index contributed by atoms with van der Waals surface area (Å²) in [6.45, 7) is 1.37. The summed E-state index contributed by atoms with van der Waals surface area (Å²) in [6, 6.07) is 14.9. The second-order valence-corrected chi connectivity index (χ2v) is 8.31. The number of anilines is 2. The zero-order chi connectivity index (χ0) is 20.1. The highest BCUT2D eigenvalue weighted by molar-refractivity contribution is 7.91. The first kappa shape index (κ1) is 19.5. The van der Waals surface area contributed by atoms with Crippen molar-refractivity contribution in [2.45, 2.75) is 18.2 Å². The van der Waals surface area contributed by atoms with E-state index in [4.69, 9.17) is 0 Å². The Balaban J connectivity index is 1.65. The highest BCUT2D eigenvalue weighted by Gasteiger charge is 2.17. The lowest BCUT2D eigenvalue weighted by Crippen LogP contribution is -2.17. The maximum Gasteiger partial charge on any atom is 0.225 e. The summed E-state index contributed by atoms with van der Waals surface area (Å²) in [5.74, 6) is -0.969. The number of aromatic nitrogens is 1. The van der Waals surface area contributed by atoms with E-state index in [-0.39, 0.29) is 23.0 Å². The van der Waals surface area contributed by atoms with Gasteiger partial charge in [0.1, 0.15) is 0 Å². The molecule has 3 rings (SSSR count). The molecule has 0 saturated heterocycles. The number of rotatable bonds is 6. The van der Waals surface area contributed by atoms with Gasteiger partial charge in [-0.3, -0.25) is 14.6 Å². The fourth-order valence-corrected chi connectivity index (χ4v) is 3.95. The van der Waals surface area contributed by atoms with Crippen LogP contribution in [-0.4, -0.2) is 31.0 Å². The van der Waals surface area contributed by atoms with Crippen LogP contribution < -0.4 is 10.6 Å². The zero-order valence-electron chi connectivity index (χ0n) is 15.2. The van der Waals surface area contributed by atoms with Crippen LogP contribution in [0.3, 0.4) is 0 Å². The molecule has 1 heterocycles. The Kier molecular flexibility index (Phi) is 5.70. The van der Waals surface area contributed by atoms with Crippen molar-refractivity contribution in [3.8, 4) is 0 Å². The summed E-state index contributed by atoms with van der Waals surface area (Å²) in [4.78, 5) is 27.6. The maximum atomic E-state index is 12.5. The van der Waals surface area contributed by atoms with E-state index < -0.39 is 15.7 Å². The Morgan fingerprint density at radius 3 is 2.39 bits per heavy atom. The van der Waals surface area contributed by atoms with Gasteiger partial charge in [0.25, 0.3) is 0 Å². The molecule has 2 aromatic carbocycles. The molecule has 28 heavy (non-hydrogen) atoms. The molecule has 2 amide bonds. The van der Waals surface area contributed by atoms with Crippen molar-refractivity contribution in [1.29, 1.82) is 0 Å². The number of amides is 2. The molecule has 0 aliphatic carbocycles. The molecule has 7 nitrogen and oxygen atoms in total. The number of hydrogen-bond donors (Lipinski definition) is 2. The average Bonchev–Trinajstić information content (AvgIpc) is 2.67. The van der Waals surface area contributed by atoms with Crippen LogP contribution in [0.1, 0.15) is 13.3 Å². The third-order valence-corrected chi connectivity index (χ3v) is 5.77. The summed E-state index contributed by atoms with van der Waals surface area (Å²) in [5.41, 5.74) is 1.70. The molecule has 0 saturated carbocycles. The molecular weight excluding hydrogens is 378 g/mol. The molecule has 1 aromatic heterocycles. The Hall–Kier alpha value is -3.26. The van der Waals surface area contributed by atoms with Gasteiger partial charge in [0.05, 0.1) is 21.9 Å². The van der Waals surface area contributed by atoms with Crippen molar-refractivity contribution in [2.75, 3.05) is 16.4 Å². The van der Waals surface area contributed by atoms with Gasteiger partial charge in [-0.2, -0.15) is 0 Å². The van der Waals surface area contributed by atoms with E-state index in [9.17, 15) is 18.0 Å². The minimum absolute atomic E-state index is 0.0984. The minimum Gasteiger partial charge on any atom is -0.326 e. The summed E-state index contributed by atoms with van der Waals surface area (Å²) in [5, 5.41) is 6.18. The van der Waals surface area contributed by atoms with Crippen LogP contribution in [0.5, 0.6) is 0 Å². The van der Waals surface area contributed by atoms with Gasteiger partial charge in [-0.25, -0.2) is 8.42 Å². The lowest BCUT2D eigenvalue weighted by atomic mass is 10.2. The normalized spacial score (nSPS) is 11.2. The monoisotopic (exact) mass is 397 g/mol. The van der Waals surface area contributed by atoms with Gasteiger partial charge < -0.3 is 10.6 Å². The molecule has 0 bridgehead atoms. The molecular formula is C20H19N3O4S. The Bertz CT molecular complexity index is 1120. The van der Waals surface area contributed by atoms with Crippen LogP contribution in [-0.2, 0) is 19.4 Å². The summed E-state index contributed by atoms with van der Waals surface area (Å²) in [7, 11) is -3.62. The van der Waals surface area contributed by atoms with Crippen LogP contribution in [0, 0.1) is 0 Å². The molecule has 0 aliphatic heterocycles.